The Morgan fingerprint density at radius 3 is 2.53 bits per heavy atom. The number of nitrogens with zero attached hydrogens (tertiary/aromatic N) is 1. The standard InChI is InChI=1S/C12H17NO3S/c14-10-12(9-11-5-2-1-3-6-11)13-7-4-8-17(13,15)16/h1-3,5-6,12,14H,4,7-10H2/t12-/m0/s1. The predicted octanol–water partition coefficient (Wildman–Crippen LogP) is 0.625. The molecule has 1 aliphatic heterocycles. The van der Waals surface area contributed by atoms with Gasteiger partial charge in [0, 0.05) is 6.54 Å². The van der Waals surface area contributed by atoms with Crippen molar-refractivity contribution < 1.29 is 13.5 Å². The average Bonchev–Trinajstić information content (AvgIpc) is 2.67. The zero-order valence-electron chi connectivity index (χ0n) is 9.62. The van der Waals surface area contributed by atoms with Crippen LogP contribution in [-0.2, 0) is 16.4 Å². The fourth-order valence-corrected chi connectivity index (χ4v) is 3.94. The lowest BCUT2D eigenvalue weighted by Crippen LogP contribution is -2.40. The van der Waals surface area contributed by atoms with E-state index in [4.69, 9.17) is 0 Å². The van der Waals surface area contributed by atoms with E-state index in [-0.39, 0.29) is 18.4 Å². The van der Waals surface area contributed by atoms with E-state index in [0.717, 1.165) is 5.56 Å². The number of sulfonamides is 1. The molecule has 0 aromatic heterocycles. The number of rotatable bonds is 4. The van der Waals surface area contributed by atoms with Gasteiger partial charge in [0.1, 0.15) is 0 Å². The highest BCUT2D eigenvalue weighted by atomic mass is 32.2. The number of aliphatic hydroxyl groups excluding tert-OH is 1. The monoisotopic (exact) mass is 255 g/mol. The van der Waals surface area contributed by atoms with Crippen molar-refractivity contribution in [1.29, 1.82) is 0 Å². The summed E-state index contributed by atoms with van der Waals surface area (Å²) >= 11 is 0. The molecule has 17 heavy (non-hydrogen) atoms. The van der Waals surface area contributed by atoms with Crippen LogP contribution in [0.15, 0.2) is 30.3 Å². The van der Waals surface area contributed by atoms with Crippen molar-refractivity contribution in [3.8, 4) is 0 Å². The molecule has 0 aliphatic carbocycles. The van der Waals surface area contributed by atoms with Crippen LogP contribution in [0, 0.1) is 0 Å². The van der Waals surface area contributed by atoms with Gasteiger partial charge in [0.15, 0.2) is 0 Å². The van der Waals surface area contributed by atoms with Crippen LogP contribution in [0.1, 0.15) is 12.0 Å². The van der Waals surface area contributed by atoms with Gasteiger partial charge in [-0.2, -0.15) is 4.31 Å². The molecule has 2 rings (SSSR count). The second-order valence-electron chi connectivity index (χ2n) is 4.31. The van der Waals surface area contributed by atoms with Gasteiger partial charge in [0.25, 0.3) is 0 Å². The van der Waals surface area contributed by atoms with Gasteiger partial charge in [-0.15, -0.1) is 0 Å². The molecule has 1 aliphatic rings. The summed E-state index contributed by atoms with van der Waals surface area (Å²) < 4.78 is 25.0. The highest BCUT2D eigenvalue weighted by Gasteiger charge is 2.33. The first-order valence-corrected chi connectivity index (χ1v) is 7.39. The van der Waals surface area contributed by atoms with Crippen LogP contribution in [-0.4, -0.2) is 42.8 Å². The van der Waals surface area contributed by atoms with Gasteiger partial charge in [-0.3, -0.25) is 0 Å². The molecule has 1 fully saturated rings. The minimum atomic E-state index is -3.15. The maximum Gasteiger partial charge on any atom is 0.214 e. The summed E-state index contributed by atoms with van der Waals surface area (Å²) in [6, 6.07) is 9.33. The minimum absolute atomic E-state index is 0.131. The Balaban J connectivity index is 2.12. The van der Waals surface area contributed by atoms with Crippen molar-refractivity contribution >= 4 is 10.0 Å². The van der Waals surface area contributed by atoms with Gasteiger partial charge >= 0.3 is 0 Å². The van der Waals surface area contributed by atoms with Gasteiger partial charge in [-0.05, 0) is 18.4 Å². The maximum absolute atomic E-state index is 11.8. The summed E-state index contributed by atoms with van der Waals surface area (Å²) in [5.74, 6) is 0.207. The number of aliphatic hydroxyl groups is 1. The Kier molecular flexibility index (Phi) is 3.81. The Labute approximate surface area is 102 Å². The highest BCUT2D eigenvalue weighted by molar-refractivity contribution is 7.89. The van der Waals surface area contributed by atoms with E-state index in [2.05, 4.69) is 0 Å². The second kappa shape index (κ2) is 5.16. The Hall–Kier alpha value is -0.910. The molecule has 5 heteroatoms. The molecule has 1 heterocycles. The van der Waals surface area contributed by atoms with E-state index < -0.39 is 10.0 Å². The minimum Gasteiger partial charge on any atom is -0.395 e. The SMILES string of the molecule is O=S1(=O)CCCN1[C@H](CO)Cc1ccccc1. The molecule has 0 unspecified atom stereocenters. The van der Waals surface area contributed by atoms with E-state index in [1.54, 1.807) is 0 Å². The third-order valence-corrected chi connectivity index (χ3v) is 5.07. The first-order valence-electron chi connectivity index (χ1n) is 5.78. The second-order valence-corrected chi connectivity index (χ2v) is 6.35. The summed E-state index contributed by atoms with van der Waals surface area (Å²) in [5, 5.41) is 9.37. The van der Waals surface area contributed by atoms with Crippen molar-refractivity contribution in [2.75, 3.05) is 18.9 Å². The largest absolute Gasteiger partial charge is 0.395 e. The third kappa shape index (κ3) is 2.86. The van der Waals surface area contributed by atoms with Crippen LogP contribution >= 0.6 is 0 Å². The third-order valence-electron chi connectivity index (χ3n) is 3.07. The molecule has 0 spiro atoms. The van der Waals surface area contributed by atoms with E-state index in [1.807, 2.05) is 30.3 Å². The van der Waals surface area contributed by atoms with Gasteiger partial charge in [-0.1, -0.05) is 30.3 Å². The van der Waals surface area contributed by atoms with E-state index in [0.29, 0.717) is 19.4 Å². The first kappa shape index (κ1) is 12.5. The number of hydrogen-bond donors (Lipinski definition) is 1. The molecule has 1 atom stereocenters. The van der Waals surface area contributed by atoms with E-state index in [1.165, 1.54) is 4.31 Å². The number of benzene rings is 1. The molecule has 1 saturated heterocycles. The van der Waals surface area contributed by atoms with Gasteiger partial charge < -0.3 is 5.11 Å². The zero-order valence-corrected chi connectivity index (χ0v) is 10.4. The Morgan fingerprint density at radius 2 is 2.00 bits per heavy atom. The Bertz CT molecular complexity index is 458. The van der Waals surface area contributed by atoms with Crippen molar-refractivity contribution in [3.05, 3.63) is 35.9 Å². The van der Waals surface area contributed by atoms with E-state index >= 15 is 0 Å². The summed E-state index contributed by atoms with van der Waals surface area (Å²) in [6.45, 7) is 0.397. The summed E-state index contributed by atoms with van der Waals surface area (Å²) in [4.78, 5) is 0. The van der Waals surface area contributed by atoms with Gasteiger partial charge in [0.05, 0.1) is 18.4 Å². The molecule has 1 aromatic rings. The lowest BCUT2D eigenvalue weighted by molar-refractivity contribution is 0.192. The molecular weight excluding hydrogens is 238 g/mol. The molecule has 0 amide bonds. The topological polar surface area (TPSA) is 57.6 Å². The van der Waals surface area contributed by atoms with Gasteiger partial charge in [0.2, 0.25) is 10.0 Å². The first-order chi connectivity index (χ1) is 8.13. The van der Waals surface area contributed by atoms with Crippen LogP contribution in [0.2, 0.25) is 0 Å². The fraction of sp³-hybridized carbons (Fsp3) is 0.500. The molecule has 0 radical (unpaired) electrons. The quantitative estimate of drug-likeness (QED) is 0.858. The van der Waals surface area contributed by atoms with Crippen molar-refractivity contribution in [3.63, 3.8) is 0 Å². The van der Waals surface area contributed by atoms with Crippen LogP contribution < -0.4 is 0 Å². The molecule has 94 valence electrons. The normalized spacial score (nSPS) is 21.5. The van der Waals surface area contributed by atoms with Gasteiger partial charge in [-0.25, -0.2) is 8.42 Å². The molecule has 1 aromatic carbocycles. The average molecular weight is 255 g/mol. The summed E-state index contributed by atoms with van der Waals surface area (Å²) in [5.41, 5.74) is 1.05. The van der Waals surface area contributed by atoms with Crippen LogP contribution in [0.4, 0.5) is 0 Å². The van der Waals surface area contributed by atoms with Crippen molar-refractivity contribution in [1.82, 2.24) is 4.31 Å². The molecular formula is C12H17NO3S. The highest BCUT2D eigenvalue weighted by Crippen LogP contribution is 2.19. The molecule has 1 N–H and O–H groups in total. The van der Waals surface area contributed by atoms with Crippen molar-refractivity contribution in [2.24, 2.45) is 0 Å². The zero-order chi connectivity index (χ0) is 12.3. The Morgan fingerprint density at radius 1 is 1.29 bits per heavy atom. The van der Waals surface area contributed by atoms with E-state index in [9.17, 15) is 13.5 Å². The molecule has 0 bridgehead atoms. The molecule has 4 nitrogen and oxygen atoms in total. The van der Waals surface area contributed by atoms with Crippen molar-refractivity contribution in [2.45, 2.75) is 18.9 Å². The van der Waals surface area contributed by atoms with Crippen LogP contribution in [0.5, 0.6) is 0 Å². The van der Waals surface area contributed by atoms with Crippen LogP contribution in [0.3, 0.4) is 0 Å². The maximum atomic E-state index is 11.8. The summed E-state index contributed by atoms with van der Waals surface area (Å²) in [6.07, 6.45) is 1.23. The predicted molar refractivity (Wildman–Crippen MR) is 66.1 cm³/mol. The van der Waals surface area contributed by atoms with Crippen LogP contribution in [0.25, 0.3) is 0 Å². The molecule has 0 saturated carbocycles. The lowest BCUT2D eigenvalue weighted by atomic mass is 10.1. The lowest BCUT2D eigenvalue weighted by Gasteiger charge is -2.24. The fourth-order valence-electron chi connectivity index (χ4n) is 2.21. The smallest absolute Gasteiger partial charge is 0.214 e. The number of hydrogen-bond acceptors (Lipinski definition) is 3. The summed E-state index contributed by atoms with van der Waals surface area (Å²) in [7, 11) is -3.15.